The van der Waals surface area contributed by atoms with Crippen LogP contribution in [0.3, 0.4) is 0 Å². The number of hydrogen-bond acceptors (Lipinski definition) is 0. The molecule has 14 heavy (non-hydrogen) atoms. The minimum Gasteiger partial charge on any atom is -0.223 e. The molecule has 1 aromatic rings. The Morgan fingerprint density at radius 2 is 1.79 bits per heavy atom. The van der Waals surface area contributed by atoms with Gasteiger partial charge < -0.3 is 0 Å². The molecular weight excluding hydrogens is 242 g/mol. The lowest BCUT2D eigenvalue weighted by atomic mass is 10.1. The van der Waals surface area contributed by atoms with Gasteiger partial charge in [-0.1, -0.05) is 59.1 Å². The Labute approximate surface area is 96.9 Å². The zero-order valence-electron chi connectivity index (χ0n) is 7.01. The summed E-state index contributed by atoms with van der Waals surface area (Å²) < 4.78 is -1.61. The largest absolute Gasteiger partial charge is 0.223 e. The summed E-state index contributed by atoms with van der Waals surface area (Å²) in [7, 11) is 0. The Morgan fingerprint density at radius 3 is 2.36 bits per heavy atom. The summed E-state index contributed by atoms with van der Waals surface area (Å²) in [6, 6.07) is 7.25. The van der Waals surface area contributed by atoms with Gasteiger partial charge in [0.2, 0.25) is 3.79 Å². The fourth-order valence-electron chi connectivity index (χ4n) is 1.52. The van der Waals surface area contributed by atoms with Crippen LogP contribution in [-0.2, 0) is 5.11 Å². The number of alkyl halides is 3. The Kier molecular flexibility index (Phi) is 2.52. The molecule has 0 amide bonds. The Hall–Kier alpha value is -0.210. The van der Waals surface area contributed by atoms with Gasteiger partial charge in [0.05, 0.1) is 0 Å². The topological polar surface area (TPSA) is 19.9 Å². The second kappa shape index (κ2) is 3.42. The molecule has 0 spiro atoms. The quantitative estimate of drug-likeness (QED) is 0.620. The smallest absolute Gasteiger partial charge is 0.215 e. The average Bonchev–Trinajstić information content (AvgIpc) is 2.44. The van der Waals surface area contributed by atoms with E-state index in [-0.39, 0.29) is 0 Å². The van der Waals surface area contributed by atoms with Gasteiger partial charge in [0.15, 0.2) is 0 Å². The third-order valence-electron chi connectivity index (χ3n) is 2.20. The number of benzene rings is 1. The van der Waals surface area contributed by atoms with Gasteiger partial charge in [-0.3, -0.25) is 0 Å². The van der Waals surface area contributed by atoms with Crippen molar-refractivity contribution in [3.8, 4) is 0 Å². The molecule has 1 nitrogen and oxygen atoms in total. The van der Waals surface area contributed by atoms with Crippen molar-refractivity contribution in [2.75, 3.05) is 0 Å². The van der Waals surface area contributed by atoms with Crippen molar-refractivity contribution < 1.29 is 5.11 Å². The third kappa shape index (κ3) is 1.66. The van der Waals surface area contributed by atoms with Crippen molar-refractivity contribution in [2.45, 2.75) is 9.90 Å². The lowest BCUT2D eigenvalue weighted by molar-refractivity contribution is 0.122. The molecule has 73 valence electrons. The number of fused-ring (bicyclic) bond motifs is 1. The van der Waals surface area contributed by atoms with Crippen LogP contribution in [0.2, 0.25) is 0 Å². The highest BCUT2D eigenvalue weighted by atomic mass is 35.6. The van der Waals surface area contributed by atoms with E-state index in [2.05, 4.69) is 0 Å². The Bertz CT molecular complexity index is 393. The van der Waals surface area contributed by atoms with Crippen LogP contribution in [0, 0.1) is 0 Å². The molecule has 0 saturated carbocycles. The van der Waals surface area contributed by atoms with E-state index in [4.69, 9.17) is 34.8 Å². The summed E-state index contributed by atoms with van der Waals surface area (Å²) in [5.41, 5.74) is 1.81. The molecule has 0 heterocycles. The third-order valence-corrected chi connectivity index (χ3v) is 2.85. The number of rotatable bonds is 0. The van der Waals surface area contributed by atoms with Gasteiger partial charge in [-0.25, -0.2) is 5.11 Å². The van der Waals surface area contributed by atoms with Gasteiger partial charge in [0.25, 0.3) is 0 Å². The van der Waals surface area contributed by atoms with Gasteiger partial charge in [-0.05, 0) is 17.2 Å². The van der Waals surface area contributed by atoms with Crippen LogP contribution in [-0.4, -0.2) is 3.79 Å². The number of hydrogen-bond donors (Lipinski definition) is 0. The maximum absolute atomic E-state index is 11.8. The monoisotopic (exact) mass is 247 g/mol. The van der Waals surface area contributed by atoms with Crippen molar-refractivity contribution in [1.29, 1.82) is 0 Å². The first-order chi connectivity index (χ1) is 6.50. The SMILES string of the molecule is [O]C1C(C(Cl)(Cl)Cl)=Cc2ccccc21. The second-order valence-electron chi connectivity index (χ2n) is 3.11. The summed E-state index contributed by atoms with van der Waals surface area (Å²) >= 11 is 17.1. The standard InChI is InChI=1S/C10H6Cl3O/c11-10(12,13)8-5-6-3-1-2-4-7(6)9(8)14/h1-5,9H. The van der Waals surface area contributed by atoms with Crippen LogP contribution in [0.25, 0.3) is 6.08 Å². The van der Waals surface area contributed by atoms with E-state index in [1.54, 1.807) is 18.2 Å². The molecule has 1 aliphatic carbocycles. The van der Waals surface area contributed by atoms with Crippen LogP contribution >= 0.6 is 34.8 Å². The average molecular weight is 249 g/mol. The van der Waals surface area contributed by atoms with Gasteiger partial charge in [0.1, 0.15) is 6.10 Å². The van der Waals surface area contributed by atoms with Gasteiger partial charge >= 0.3 is 0 Å². The van der Waals surface area contributed by atoms with E-state index >= 15 is 0 Å². The highest BCUT2D eigenvalue weighted by molar-refractivity contribution is 6.69. The van der Waals surface area contributed by atoms with E-state index in [0.717, 1.165) is 5.56 Å². The van der Waals surface area contributed by atoms with Gasteiger partial charge in [-0.15, -0.1) is 0 Å². The Morgan fingerprint density at radius 1 is 1.14 bits per heavy atom. The van der Waals surface area contributed by atoms with E-state index in [0.29, 0.717) is 11.1 Å². The summed E-state index contributed by atoms with van der Waals surface area (Å²) in [5.74, 6) is 0. The molecule has 1 atom stereocenters. The summed E-state index contributed by atoms with van der Waals surface area (Å²) in [6.07, 6.45) is 0.596. The summed E-state index contributed by atoms with van der Waals surface area (Å²) in [6.45, 7) is 0. The highest BCUT2D eigenvalue weighted by Gasteiger charge is 2.37. The predicted molar refractivity (Wildman–Crippen MR) is 58.1 cm³/mol. The molecule has 1 unspecified atom stereocenters. The van der Waals surface area contributed by atoms with Crippen LogP contribution in [0.1, 0.15) is 17.2 Å². The molecule has 0 bridgehead atoms. The van der Waals surface area contributed by atoms with E-state index in [1.165, 1.54) is 0 Å². The normalized spacial score (nSPS) is 20.6. The van der Waals surface area contributed by atoms with Crippen LogP contribution in [0.5, 0.6) is 0 Å². The van der Waals surface area contributed by atoms with Crippen molar-refractivity contribution in [3.05, 3.63) is 41.0 Å². The molecule has 0 aliphatic heterocycles. The molecule has 0 saturated heterocycles. The predicted octanol–water partition coefficient (Wildman–Crippen LogP) is 3.93. The van der Waals surface area contributed by atoms with E-state index in [9.17, 15) is 5.11 Å². The maximum atomic E-state index is 11.8. The highest BCUT2D eigenvalue weighted by Crippen LogP contribution is 2.47. The van der Waals surface area contributed by atoms with E-state index in [1.807, 2.05) is 12.1 Å². The lowest BCUT2D eigenvalue weighted by Gasteiger charge is -2.15. The molecule has 2 rings (SSSR count). The summed E-state index contributed by atoms with van der Waals surface area (Å²) in [4.78, 5) is 0. The molecular formula is C10H6Cl3O. The van der Waals surface area contributed by atoms with E-state index < -0.39 is 9.90 Å². The Balaban J connectivity index is 2.47. The number of halogens is 3. The molecule has 1 radical (unpaired) electrons. The van der Waals surface area contributed by atoms with Crippen LogP contribution in [0.4, 0.5) is 0 Å². The van der Waals surface area contributed by atoms with Crippen molar-refractivity contribution in [1.82, 2.24) is 0 Å². The fourth-order valence-corrected chi connectivity index (χ4v) is 1.98. The molecule has 1 aromatic carbocycles. The zero-order chi connectivity index (χ0) is 10.3. The zero-order valence-corrected chi connectivity index (χ0v) is 9.27. The minimum absolute atomic E-state index is 0.295. The fraction of sp³-hybridized carbons (Fsp3) is 0.200. The second-order valence-corrected chi connectivity index (χ2v) is 5.39. The molecule has 0 fully saturated rings. The molecule has 0 N–H and O–H groups in total. The van der Waals surface area contributed by atoms with Crippen LogP contribution < -0.4 is 0 Å². The first kappa shape index (κ1) is 10.3. The first-order valence-electron chi connectivity index (χ1n) is 4.03. The molecule has 1 aliphatic rings. The lowest BCUT2D eigenvalue weighted by Crippen LogP contribution is -2.10. The summed E-state index contributed by atoms with van der Waals surface area (Å²) in [5, 5.41) is 11.8. The molecule has 4 heteroatoms. The van der Waals surface area contributed by atoms with Crippen molar-refractivity contribution in [3.63, 3.8) is 0 Å². The first-order valence-corrected chi connectivity index (χ1v) is 5.17. The maximum Gasteiger partial charge on any atom is 0.215 e. The van der Waals surface area contributed by atoms with Crippen molar-refractivity contribution in [2.24, 2.45) is 0 Å². The van der Waals surface area contributed by atoms with Gasteiger partial charge in [-0.2, -0.15) is 0 Å². The van der Waals surface area contributed by atoms with Gasteiger partial charge in [0, 0.05) is 5.57 Å². The van der Waals surface area contributed by atoms with Crippen molar-refractivity contribution >= 4 is 40.9 Å². The van der Waals surface area contributed by atoms with Crippen LogP contribution in [0.15, 0.2) is 29.8 Å². The minimum atomic E-state index is -1.61. The molecule has 0 aromatic heterocycles.